The van der Waals surface area contributed by atoms with Gasteiger partial charge in [-0.05, 0) is 37.1 Å². The van der Waals surface area contributed by atoms with Crippen LogP contribution >= 0.6 is 11.6 Å². The third-order valence-electron chi connectivity index (χ3n) is 3.62. The lowest BCUT2D eigenvalue weighted by Gasteiger charge is -2.09. The van der Waals surface area contributed by atoms with E-state index in [1.165, 1.54) is 19.3 Å². The molecule has 4 nitrogen and oxygen atoms in total. The zero-order valence-corrected chi connectivity index (χ0v) is 12.1. The molecule has 0 spiro atoms. The summed E-state index contributed by atoms with van der Waals surface area (Å²) in [5, 5.41) is 8.34. The second kappa shape index (κ2) is 6.37. The normalized spacial score (nSPS) is 19.8. The smallest absolute Gasteiger partial charge is 0.231 e. The minimum absolute atomic E-state index is 0.236. The van der Waals surface area contributed by atoms with Gasteiger partial charge in [0.05, 0.1) is 12.5 Å². The number of hydrogen-bond donors (Lipinski definition) is 1. The zero-order valence-electron chi connectivity index (χ0n) is 11.3. The van der Waals surface area contributed by atoms with E-state index in [-0.39, 0.29) is 6.04 Å². The summed E-state index contributed by atoms with van der Waals surface area (Å²) in [7, 11) is 0. The van der Waals surface area contributed by atoms with Crippen molar-refractivity contribution in [3.63, 3.8) is 0 Å². The highest BCUT2D eigenvalue weighted by Crippen LogP contribution is 2.21. The first kappa shape index (κ1) is 13.6. The van der Waals surface area contributed by atoms with Gasteiger partial charge < -0.3 is 9.84 Å². The Labute approximate surface area is 123 Å². The quantitative estimate of drug-likeness (QED) is 0.940. The highest BCUT2D eigenvalue weighted by Gasteiger charge is 2.19. The fourth-order valence-electron chi connectivity index (χ4n) is 2.51. The van der Waals surface area contributed by atoms with Crippen molar-refractivity contribution < 1.29 is 4.52 Å². The van der Waals surface area contributed by atoms with Crippen LogP contribution in [-0.4, -0.2) is 16.7 Å². The average molecular weight is 292 g/mol. The van der Waals surface area contributed by atoms with Crippen molar-refractivity contribution in [1.29, 1.82) is 0 Å². The Bertz CT molecular complexity index is 545. The van der Waals surface area contributed by atoms with Crippen LogP contribution in [0.3, 0.4) is 0 Å². The van der Waals surface area contributed by atoms with Crippen LogP contribution in [0, 0.1) is 0 Å². The van der Waals surface area contributed by atoms with E-state index in [1.54, 1.807) is 0 Å². The molecule has 106 valence electrons. The maximum absolute atomic E-state index is 5.88. The summed E-state index contributed by atoms with van der Waals surface area (Å²) >= 11 is 5.88. The Morgan fingerprint density at radius 3 is 2.90 bits per heavy atom. The molecule has 0 amide bonds. The molecule has 20 heavy (non-hydrogen) atoms. The van der Waals surface area contributed by atoms with Gasteiger partial charge in [-0.2, -0.15) is 4.98 Å². The van der Waals surface area contributed by atoms with Crippen molar-refractivity contribution in [2.45, 2.75) is 38.1 Å². The number of rotatable bonds is 3. The molecule has 0 aliphatic carbocycles. The second-order valence-electron chi connectivity index (χ2n) is 5.21. The van der Waals surface area contributed by atoms with Gasteiger partial charge in [-0.15, -0.1) is 0 Å². The molecule has 1 unspecified atom stereocenters. The van der Waals surface area contributed by atoms with E-state index < -0.39 is 0 Å². The van der Waals surface area contributed by atoms with E-state index in [0.29, 0.717) is 12.3 Å². The fraction of sp³-hybridized carbons (Fsp3) is 0.467. The molecule has 0 radical (unpaired) electrons. The molecule has 2 heterocycles. The fourth-order valence-corrected chi connectivity index (χ4v) is 2.63. The SMILES string of the molecule is Clc1ccc(Cc2nc(C3CCCCCN3)no2)cc1. The Kier molecular flexibility index (Phi) is 4.33. The highest BCUT2D eigenvalue weighted by molar-refractivity contribution is 6.30. The van der Waals surface area contributed by atoms with Crippen LogP contribution in [0.5, 0.6) is 0 Å². The Morgan fingerprint density at radius 1 is 1.20 bits per heavy atom. The lowest BCUT2D eigenvalue weighted by molar-refractivity contribution is 0.369. The second-order valence-corrected chi connectivity index (χ2v) is 5.64. The van der Waals surface area contributed by atoms with Crippen molar-refractivity contribution in [2.24, 2.45) is 0 Å². The molecule has 1 N–H and O–H groups in total. The number of halogens is 1. The van der Waals surface area contributed by atoms with Crippen molar-refractivity contribution in [2.75, 3.05) is 6.54 Å². The minimum Gasteiger partial charge on any atom is -0.339 e. The topological polar surface area (TPSA) is 51.0 Å². The van der Waals surface area contributed by atoms with Crippen LogP contribution in [0.4, 0.5) is 0 Å². The van der Waals surface area contributed by atoms with Gasteiger partial charge in [-0.25, -0.2) is 0 Å². The monoisotopic (exact) mass is 291 g/mol. The molecule has 1 atom stereocenters. The van der Waals surface area contributed by atoms with Crippen LogP contribution in [0.15, 0.2) is 28.8 Å². The Morgan fingerprint density at radius 2 is 2.05 bits per heavy atom. The molecule has 1 aromatic heterocycles. The van der Waals surface area contributed by atoms with E-state index in [9.17, 15) is 0 Å². The maximum atomic E-state index is 5.88. The standard InChI is InChI=1S/C15H18ClN3O/c16-12-7-5-11(6-8-12)10-14-18-15(19-20-14)13-4-2-1-3-9-17-13/h5-8,13,17H,1-4,9-10H2. The molecule has 1 saturated heterocycles. The molecule has 2 aromatic rings. The van der Waals surface area contributed by atoms with Gasteiger partial charge in [0.25, 0.3) is 0 Å². The van der Waals surface area contributed by atoms with Crippen LogP contribution in [-0.2, 0) is 6.42 Å². The lowest BCUT2D eigenvalue weighted by atomic mass is 10.1. The molecule has 5 heteroatoms. The van der Waals surface area contributed by atoms with E-state index in [0.717, 1.165) is 29.4 Å². The van der Waals surface area contributed by atoms with E-state index >= 15 is 0 Å². The number of nitrogens with one attached hydrogen (secondary N) is 1. The molecule has 0 bridgehead atoms. The molecule has 1 aliphatic rings. The van der Waals surface area contributed by atoms with Crippen molar-refractivity contribution in [1.82, 2.24) is 15.5 Å². The molecule has 1 aromatic carbocycles. The number of benzene rings is 1. The van der Waals surface area contributed by atoms with Crippen molar-refractivity contribution >= 4 is 11.6 Å². The van der Waals surface area contributed by atoms with E-state index in [4.69, 9.17) is 16.1 Å². The third kappa shape index (κ3) is 3.38. The molecular formula is C15H18ClN3O. The Balaban J connectivity index is 1.68. The van der Waals surface area contributed by atoms with Crippen LogP contribution < -0.4 is 5.32 Å². The largest absolute Gasteiger partial charge is 0.339 e. The number of hydrogen-bond acceptors (Lipinski definition) is 4. The first-order valence-electron chi connectivity index (χ1n) is 7.11. The van der Waals surface area contributed by atoms with Crippen LogP contribution in [0.2, 0.25) is 5.02 Å². The molecular weight excluding hydrogens is 274 g/mol. The van der Waals surface area contributed by atoms with Crippen LogP contribution in [0.25, 0.3) is 0 Å². The number of aromatic nitrogens is 2. The predicted molar refractivity (Wildman–Crippen MR) is 77.8 cm³/mol. The van der Waals surface area contributed by atoms with Gasteiger partial charge in [0.2, 0.25) is 5.89 Å². The molecule has 0 saturated carbocycles. The van der Waals surface area contributed by atoms with Gasteiger partial charge in [-0.1, -0.05) is 41.7 Å². The zero-order chi connectivity index (χ0) is 13.8. The van der Waals surface area contributed by atoms with Gasteiger partial charge in [0, 0.05) is 5.02 Å². The third-order valence-corrected chi connectivity index (χ3v) is 3.88. The van der Waals surface area contributed by atoms with Crippen LogP contribution in [0.1, 0.15) is 49.0 Å². The highest BCUT2D eigenvalue weighted by atomic mass is 35.5. The summed E-state index contributed by atoms with van der Waals surface area (Å²) in [6, 6.07) is 7.95. The minimum atomic E-state index is 0.236. The van der Waals surface area contributed by atoms with Gasteiger partial charge in [0.1, 0.15) is 0 Å². The van der Waals surface area contributed by atoms with E-state index in [2.05, 4.69) is 15.5 Å². The van der Waals surface area contributed by atoms with Gasteiger partial charge >= 0.3 is 0 Å². The average Bonchev–Trinajstić information content (AvgIpc) is 2.74. The molecule has 1 fully saturated rings. The van der Waals surface area contributed by atoms with Gasteiger partial charge in [0.15, 0.2) is 5.82 Å². The summed E-state index contributed by atoms with van der Waals surface area (Å²) in [6.45, 7) is 1.03. The summed E-state index contributed by atoms with van der Waals surface area (Å²) in [6.07, 6.45) is 5.46. The lowest BCUT2D eigenvalue weighted by Crippen LogP contribution is -2.21. The van der Waals surface area contributed by atoms with Crippen molar-refractivity contribution in [3.05, 3.63) is 46.6 Å². The summed E-state index contributed by atoms with van der Waals surface area (Å²) < 4.78 is 5.36. The summed E-state index contributed by atoms with van der Waals surface area (Å²) in [5.41, 5.74) is 1.12. The summed E-state index contributed by atoms with van der Waals surface area (Å²) in [5.74, 6) is 1.45. The molecule has 1 aliphatic heterocycles. The first-order chi connectivity index (χ1) is 9.81. The van der Waals surface area contributed by atoms with E-state index in [1.807, 2.05) is 24.3 Å². The summed E-state index contributed by atoms with van der Waals surface area (Å²) in [4.78, 5) is 4.52. The van der Waals surface area contributed by atoms with Crippen molar-refractivity contribution in [3.8, 4) is 0 Å². The number of nitrogens with zero attached hydrogens (tertiary/aromatic N) is 2. The maximum Gasteiger partial charge on any atom is 0.231 e. The predicted octanol–water partition coefficient (Wildman–Crippen LogP) is 3.52. The Hall–Kier alpha value is -1.39. The first-order valence-corrected chi connectivity index (χ1v) is 7.49. The molecule has 3 rings (SSSR count). The van der Waals surface area contributed by atoms with Gasteiger partial charge in [-0.3, -0.25) is 0 Å².